The number of anilines is 1. The maximum Gasteiger partial charge on any atom is 0.329 e. The fraction of sp³-hybridized carbons (Fsp3) is 0.471. The normalized spacial score (nSPS) is 20.3. The Balaban J connectivity index is 1.77. The predicted molar refractivity (Wildman–Crippen MR) is 90.8 cm³/mol. The van der Waals surface area contributed by atoms with E-state index >= 15 is 0 Å². The smallest absolute Gasteiger partial charge is 0.329 e. The molecule has 1 saturated carbocycles. The molecule has 7 heteroatoms. The lowest BCUT2D eigenvalue weighted by Crippen LogP contribution is -2.44. The van der Waals surface area contributed by atoms with E-state index in [0.717, 1.165) is 18.4 Å². The average molecular weight is 350 g/mol. The van der Waals surface area contributed by atoms with Crippen LogP contribution in [0, 0.1) is 0 Å². The summed E-state index contributed by atoms with van der Waals surface area (Å²) >= 11 is 5.72. The number of rotatable bonds is 4. The maximum atomic E-state index is 12.8. The van der Waals surface area contributed by atoms with E-state index in [1.165, 1.54) is 4.90 Å². The van der Waals surface area contributed by atoms with Crippen molar-refractivity contribution in [2.75, 3.05) is 4.90 Å². The topological polar surface area (TPSA) is 78.5 Å². The lowest BCUT2D eigenvalue weighted by Gasteiger charge is -2.20. The van der Waals surface area contributed by atoms with Crippen molar-refractivity contribution in [1.82, 2.24) is 10.6 Å². The fourth-order valence-corrected chi connectivity index (χ4v) is 3.38. The predicted octanol–water partition coefficient (Wildman–Crippen LogP) is 2.30. The van der Waals surface area contributed by atoms with Crippen molar-refractivity contribution >= 4 is 35.1 Å². The number of halogens is 1. The SMILES string of the molecule is CC(Cl)C(=O)NCc1cccc(N2C(=O)NC3(CCCC3)C2=O)c1. The summed E-state index contributed by atoms with van der Waals surface area (Å²) in [7, 11) is 0. The summed E-state index contributed by atoms with van der Waals surface area (Å²) in [5.41, 5.74) is 0.591. The van der Waals surface area contributed by atoms with Crippen molar-refractivity contribution in [3.05, 3.63) is 29.8 Å². The molecule has 1 atom stereocenters. The van der Waals surface area contributed by atoms with Crippen molar-refractivity contribution in [3.63, 3.8) is 0 Å². The van der Waals surface area contributed by atoms with Gasteiger partial charge in [-0.15, -0.1) is 11.6 Å². The van der Waals surface area contributed by atoms with Crippen LogP contribution in [0.1, 0.15) is 38.2 Å². The summed E-state index contributed by atoms with van der Waals surface area (Å²) in [6.45, 7) is 1.89. The molecule has 1 spiro atoms. The quantitative estimate of drug-likeness (QED) is 0.646. The second-order valence-corrected chi connectivity index (χ2v) is 7.02. The molecule has 2 aliphatic rings. The van der Waals surface area contributed by atoms with Gasteiger partial charge in [0.25, 0.3) is 5.91 Å². The minimum absolute atomic E-state index is 0.180. The molecular weight excluding hydrogens is 330 g/mol. The van der Waals surface area contributed by atoms with Crippen molar-refractivity contribution in [3.8, 4) is 0 Å². The van der Waals surface area contributed by atoms with Crippen LogP contribution in [0.5, 0.6) is 0 Å². The highest BCUT2D eigenvalue weighted by atomic mass is 35.5. The molecule has 1 aromatic rings. The second-order valence-electron chi connectivity index (χ2n) is 6.36. The number of alkyl halides is 1. The Hall–Kier alpha value is -2.08. The molecule has 0 bridgehead atoms. The van der Waals surface area contributed by atoms with E-state index in [0.29, 0.717) is 25.1 Å². The summed E-state index contributed by atoms with van der Waals surface area (Å²) in [5, 5.41) is 4.96. The van der Waals surface area contributed by atoms with Gasteiger partial charge in [0.2, 0.25) is 5.91 Å². The van der Waals surface area contributed by atoms with Crippen molar-refractivity contribution in [2.24, 2.45) is 0 Å². The molecule has 1 heterocycles. The molecule has 2 fully saturated rings. The Bertz CT molecular complexity index is 683. The number of imide groups is 1. The van der Waals surface area contributed by atoms with E-state index in [2.05, 4.69) is 10.6 Å². The Morgan fingerprint density at radius 3 is 2.75 bits per heavy atom. The molecule has 1 aromatic carbocycles. The standard InChI is InChI=1S/C17H20ClN3O3/c1-11(18)14(22)19-10-12-5-4-6-13(9-12)21-15(23)17(20-16(21)24)7-2-3-8-17/h4-6,9,11H,2-3,7-8,10H2,1H3,(H,19,22)(H,20,24). The Kier molecular flexibility index (Phi) is 4.49. The monoisotopic (exact) mass is 349 g/mol. The molecule has 3 rings (SSSR count). The number of carbonyl (C=O) groups is 3. The van der Waals surface area contributed by atoms with E-state index in [9.17, 15) is 14.4 Å². The molecule has 6 nitrogen and oxygen atoms in total. The molecular formula is C17H20ClN3O3. The van der Waals surface area contributed by atoms with Crippen LogP contribution in [-0.2, 0) is 16.1 Å². The lowest BCUT2D eigenvalue weighted by atomic mass is 9.98. The van der Waals surface area contributed by atoms with Crippen molar-refractivity contribution in [1.29, 1.82) is 0 Å². The number of hydrogen-bond donors (Lipinski definition) is 2. The molecule has 4 amide bonds. The molecule has 128 valence electrons. The minimum Gasteiger partial charge on any atom is -0.351 e. The number of urea groups is 1. The van der Waals surface area contributed by atoms with Gasteiger partial charge < -0.3 is 10.6 Å². The summed E-state index contributed by atoms with van der Waals surface area (Å²) in [5.74, 6) is -0.442. The number of carbonyl (C=O) groups excluding carboxylic acids is 3. The van der Waals surface area contributed by atoms with Gasteiger partial charge in [-0.2, -0.15) is 0 Å². The van der Waals surface area contributed by atoms with Crippen LogP contribution < -0.4 is 15.5 Å². The molecule has 0 radical (unpaired) electrons. The van der Waals surface area contributed by atoms with Crippen LogP contribution in [0.25, 0.3) is 0 Å². The van der Waals surface area contributed by atoms with E-state index in [1.54, 1.807) is 25.1 Å². The van der Waals surface area contributed by atoms with Gasteiger partial charge in [0.05, 0.1) is 5.69 Å². The van der Waals surface area contributed by atoms with Crippen molar-refractivity contribution < 1.29 is 14.4 Å². The fourth-order valence-electron chi connectivity index (χ4n) is 3.31. The van der Waals surface area contributed by atoms with E-state index in [-0.39, 0.29) is 17.8 Å². The Morgan fingerprint density at radius 1 is 1.38 bits per heavy atom. The Morgan fingerprint density at radius 2 is 2.08 bits per heavy atom. The van der Waals surface area contributed by atoms with E-state index in [1.807, 2.05) is 6.07 Å². The number of hydrogen-bond acceptors (Lipinski definition) is 3. The molecule has 1 unspecified atom stereocenters. The largest absolute Gasteiger partial charge is 0.351 e. The Labute approximate surface area is 145 Å². The lowest BCUT2D eigenvalue weighted by molar-refractivity contribution is -0.122. The van der Waals surface area contributed by atoms with Gasteiger partial charge in [-0.25, -0.2) is 9.69 Å². The van der Waals surface area contributed by atoms with Gasteiger partial charge in [-0.3, -0.25) is 9.59 Å². The first-order valence-electron chi connectivity index (χ1n) is 8.10. The molecule has 24 heavy (non-hydrogen) atoms. The third-order valence-corrected chi connectivity index (χ3v) is 4.81. The number of nitrogens with one attached hydrogen (secondary N) is 2. The van der Waals surface area contributed by atoms with Gasteiger partial charge >= 0.3 is 6.03 Å². The van der Waals surface area contributed by atoms with Crippen LogP contribution in [0.4, 0.5) is 10.5 Å². The highest BCUT2D eigenvalue weighted by Gasteiger charge is 2.52. The zero-order valence-electron chi connectivity index (χ0n) is 13.5. The highest BCUT2D eigenvalue weighted by molar-refractivity contribution is 6.30. The van der Waals surface area contributed by atoms with Crippen LogP contribution in [0.3, 0.4) is 0 Å². The second kappa shape index (κ2) is 6.43. The number of nitrogens with zero attached hydrogens (tertiary/aromatic N) is 1. The van der Waals surface area contributed by atoms with Crippen LogP contribution >= 0.6 is 11.6 Å². The molecule has 2 N–H and O–H groups in total. The number of benzene rings is 1. The molecule has 0 aromatic heterocycles. The van der Waals surface area contributed by atoms with Crippen LogP contribution in [0.2, 0.25) is 0 Å². The summed E-state index contributed by atoms with van der Waals surface area (Å²) in [6, 6.07) is 6.68. The van der Waals surface area contributed by atoms with Gasteiger partial charge in [-0.05, 0) is 37.5 Å². The first kappa shape index (κ1) is 16.8. The molecule has 1 aliphatic carbocycles. The summed E-state index contributed by atoms with van der Waals surface area (Å²) < 4.78 is 0. The molecule has 1 saturated heterocycles. The maximum absolute atomic E-state index is 12.8. The third kappa shape index (κ3) is 2.98. The zero-order chi connectivity index (χ0) is 17.3. The van der Waals surface area contributed by atoms with E-state index in [4.69, 9.17) is 11.6 Å². The average Bonchev–Trinajstić information content (AvgIpc) is 3.11. The first-order chi connectivity index (χ1) is 11.4. The van der Waals surface area contributed by atoms with Crippen molar-refractivity contribution in [2.45, 2.75) is 50.1 Å². The third-order valence-electron chi connectivity index (χ3n) is 4.62. The summed E-state index contributed by atoms with van der Waals surface area (Å²) in [6.07, 6.45) is 3.28. The highest BCUT2D eigenvalue weighted by Crippen LogP contribution is 2.37. The van der Waals surface area contributed by atoms with Gasteiger partial charge in [0.1, 0.15) is 10.9 Å². The molecule has 1 aliphatic heterocycles. The minimum atomic E-state index is -0.727. The van der Waals surface area contributed by atoms with Crippen LogP contribution in [-0.4, -0.2) is 28.8 Å². The summed E-state index contributed by atoms with van der Waals surface area (Å²) in [4.78, 5) is 37.9. The number of amides is 4. The van der Waals surface area contributed by atoms with E-state index < -0.39 is 10.9 Å². The van der Waals surface area contributed by atoms with Gasteiger partial charge in [-0.1, -0.05) is 25.0 Å². The van der Waals surface area contributed by atoms with Gasteiger partial charge in [0, 0.05) is 6.54 Å². The van der Waals surface area contributed by atoms with Crippen LogP contribution in [0.15, 0.2) is 24.3 Å². The van der Waals surface area contributed by atoms with Gasteiger partial charge in [0.15, 0.2) is 0 Å². The first-order valence-corrected chi connectivity index (χ1v) is 8.54. The zero-order valence-corrected chi connectivity index (χ0v) is 14.2.